The lowest BCUT2D eigenvalue weighted by Crippen LogP contribution is -2.32. The van der Waals surface area contributed by atoms with E-state index in [1.807, 2.05) is 18.4 Å². The van der Waals surface area contributed by atoms with Crippen molar-refractivity contribution >= 4 is 17.2 Å². The number of amides is 1. The molecule has 3 rings (SSSR count). The number of nitrogens with zero attached hydrogens (tertiary/aromatic N) is 2. The van der Waals surface area contributed by atoms with Crippen LogP contribution in [0.15, 0.2) is 16.2 Å². The zero-order valence-electron chi connectivity index (χ0n) is 14.2. The average Bonchev–Trinajstić information content (AvgIpc) is 3.00. The second-order valence-electron chi connectivity index (χ2n) is 6.61. The lowest BCUT2D eigenvalue weighted by Gasteiger charge is -2.19. The summed E-state index contributed by atoms with van der Waals surface area (Å²) in [6.07, 6.45) is 6.29. The summed E-state index contributed by atoms with van der Waals surface area (Å²) in [5.74, 6) is -0.109. The Balaban J connectivity index is 1.89. The van der Waals surface area contributed by atoms with Crippen LogP contribution < -0.4 is 11.3 Å². The molecular formula is C18H23N3O2S. The fourth-order valence-electron chi connectivity index (χ4n) is 3.52. The van der Waals surface area contributed by atoms with E-state index in [1.165, 1.54) is 37.1 Å². The van der Waals surface area contributed by atoms with Crippen LogP contribution >= 0.6 is 11.3 Å². The molecule has 5 nitrogen and oxygen atoms in total. The van der Waals surface area contributed by atoms with E-state index in [4.69, 9.17) is 10.7 Å². The first-order valence-corrected chi connectivity index (χ1v) is 9.30. The lowest BCUT2D eigenvalue weighted by molar-refractivity contribution is 0.0997. The van der Waals surface area contributed by atoms with Gasteiger partial charge in [0.15, 0.2) is 0 Å². The first-order valence-electron chi connectivity index (χ1n) is 8.42. The molecule has 24 heavy (non-hydrogen) atoms. The van der Waals surface area contributed by atoms with Gasteiger partial charge in [0.05, 0.1) is 17.2 Å². The summed E-state index contributed by atoms with van der Waals surface area (Å²) in [6, 6.07) is 1.83. The molecule has 1 saturated carbocycles. The van der Waals surface area contributed by atoms with Gasteiger partial charge in [-0.1, -0.05) is 19.3 Å². The molecule has 1 fully saturated rings. The van der Waals surface area contributed by atoms with E-state index < -0.39 is 5.91 Å². The van der Waals surface area contributed by atoms with Gasteiger partial charge in [0, 0.05) is 17.0 Å². The predicted octanol–water partition coefficient (Wildman–Crippen LogP) is 3.12. The standard InChI is InChI=1S/C18H23N3O2S/c1-11-8-12(2)21(18(23)15(11)16(19)22)9-14-10-24-17(20-14)13-6-4-3-5-7-13/h8,10,13H,3-7,9H2,1-2H3,(H2,19,22). The average molecular weight is 345 g/mol. The minimum atomic E-state index is -0.674. The largest absolute Gasteiger partial charge is 0.365 e. The number of aromatic nitrogens is 2. The maximum atomic E-state index is 12.6. The highest BCUT2D eigenvalue weighted by molar-refractivity contribution is 7.09. The summed E-state index contributed by atoms with van der Waals surface area (Å²) in [5, 5.41) is 3.21. The van der Waals surface area contributed by atoms with Gasteiger partial charge in [-0.25, -0.2) is 4.98 Å². The number of aryl methyl sites for hydroxylation is 2. The topological polar surface area (TPSA) is 78.0 Å². The highest BCUT2D eigenvalue weighted by atomic mass is 32.1. The van der Waals surface area contributed by atoms with Crippen molar-refractivity contribution in [1.29, 1.82) is 0 Å². The number of carbonyl (C=O) groups is 1. The molecule has 0 radical (unpaired) electrons. The van der Waals surface area contributed by atoms with Crippen LogP contribution in [0.1, 0.15) is 70.3 Å². The summed E-state index contributed by atoms with van der Waals surface area (Å²) in [7, 11) is 0. The van der Waals surface area contributed by atoms with Crippen LogP contribution in [0, 0.1) is 13.8 Å². The summed E-state index contributed by atoms with van der Waals surface area (Å²) >= 11 is 1.68. The minimum Gasteiger partial charge on any atom is -0.365 e. The van der Waals surface area contributed by atoms with Gasteiger partial charge < -0.3 is 10.3 Å². The van der Waals surface area contributed by atoms with E-state index in [1.54, 1.807) is 22.8 Å². The fraction of sp³-hybridized carbons (Fsp3) is 0.500. The number of primary amides is 1. The minimum absolute atomic E-state index is 0.0725. The molecule has 0 atom stereocenters. The normalized spacial score (nSPS) is 15.6. The van der Waals surface area contributed by atoms with E-state index in [-0.39, 0.29) is 11.1 Å². The van der Waals surface area contributed by atoms with E-state index >= 15 is 0 Å². The summed E-state index contributed by atoms with van der Waals surface area (Å²) in [4.78, 5) is 28.9. The predicted molar refractivity (Wildman–Crippen MR) is 95.7 cm³/mol. The molecule has 0 aliphatic heterocycles. The Morgan fingerprint density at radius 3 is 2.71 bits per heavy atom. The third-order valence-electron chi connectivity index (χ3n) is 4.79. The van der Waals surface area contributed by atoms with Gasteiger partial charge >= 0.3 is 0 Å². The molecule has 0 unspecified atom stereocenters. The van der Waals surface area contributed by atoms with E-state index in [0.717, 1.165) is 11.4 Å². The van der Waals surface area contributed by atoms with Crippen LogP contribution in [-0.2, 0) is 6.54 Å². The lowest BCUT2D eigenvalue weighted by atomic mass is 9.90. The Morgan fingerprint density at radius 2 is 2.04 bits per heavy atom. The van der Waals surface area contributed by atoms with Crippen LogP contribution in [0.2, 0.25) is 0 Å². The zero-order valence-corrected chi connectivity index (χ0v) is 15.0. The maximum absolute atomic E-state index is 12.6. The van der Waals surface area contributed by atoms with Crippen molar-refractivity contribution in [2.45, 2.75) is 58.4 Å². The van der Waals surface area contributed by atoms with Crippen LogP contribution in [0.3, 0.4) is 0 Å². The monoisotopic (exact) mass is 345 g/mol. The molecule has 2 heterocycles. The van der Waals surface area contributed by atoms with E-state index in [0.29, 0.717) is 18.0 Å². The van der Waals surface area contributed by atoms with Crippen molar-refractivity contribution in [1.82, 2.24) is 9.55 Å². The highest BCUT2D eigenvalue weighted by Gasteiger charge is 2.20. The Morgan fingerprint density at radius 1 is 1.33 bits per heavy atom. The number of rotatable bonds is 4. The Kier molecular flexibility index (Phi) is 4.85. The molecule has 2 aromatic heterocycles. The van der Waals surface area contributed by atoms with Crippen molar-refractivity contribution < 1.29 is 4.79 Å². The summed E-state index contributed by atoms with van der Waals surface area (Å²) in [6.45, 7) is 3.99. The van der Waals surface area contributed by atoms with Crippen LogP contribution in [0.5, 0.6) is 0 Å². The smallest absolute Gasteiger partial charge is 0.264 e. The molecule has 1 amide bonds. The van der Waals surface area contributed by atoms with Crippen molar-refractivity contribution in [2.75, 3.05) is 0 Å². The van der Waals surface area contributed by atoms with Gasteiger partial charge in [-0.15, -0.1) is 11.3 Å². The van der Waals surface area contributed by atoms with Gasteiger partial charge in [0.2, 0.25) is 0 Å². The number of pyridine rings is 1. The van der Waals surface area contributed by atoms with E-state index in [2.05, 4.69) is 0 Å². The van der Waals surface area contributed by atoms with Crippen LogP contribution in [0.4, 0.5) is 0 Å². The van der Waals surface area contributed by atoms with E-state index in [9.17, 15) is 9.59 Å². The summed E-state index contributed by atoms with van der Waals surface area (Å²) in [5.41, 5.74) is 7.43. The molecule has 1 aliphatic carbocycles. The quantitative estimate of drug-likeness (QED) is 0.925. The van der Waals surface area contributed by atoms with Gasteiger partial charge in [-0.2, -0.15) is 0 Å². The number of hydrogen-bond donors (Lipinski definition) is 1. The molecule has 128 valence electrons. The van der Waals surface area contributed by atoms with Crippen molar-refractivity contribution in [3.63, 3.8) is 0 Å². The number of thiazole rings is 1. The SMILES string of the molecule is Cc1cc(C)n(Cc2csc(C3CCCCC3)n2)c(=O)c1C(N)=O. The maximum Gasteiger partial charge on any atom is 0.264 e. The van der Waals surface area contributed by atoms with Gasteiger partial charge in [-0.3, -0.25) is 9.59 Å². The molecule has 2 N–H and O–H groups in total. The molecule has 0 aromatic carbocycles. The van der Waals surface area contributed by atoms with Gasteiger partial charge in [0.25, 0.3) is 11.5 Å². The Hall–Kier alpha value is -1.95. The Labute approximate surface area is 145 Å². The number of nitrogens with two attached hydrogens (primary N) is 1. The number of carbonyl (C=O) groups excluding carboxylic acids is 1. The molecular weight excluding hydrogens is 322 g/mol. The first-order chi connectivity index (χ1) is 11.5. The fourth-order valence-corrected chi connectivity index (χ4v) is 4.50. The van der Waals surface area contributed by atoms with Gasteiger partial charge in [0.1, 0.15) is 5.56 Å². The van der Waals surface area contributed by atoms with Crippen LogP contribution in [-0.4, -0.2) is 15.5 Å². The molecule has 6 heteroatoms. The van der Waals surface area contributed by atoms with Crippen molar-refractivity contribution in [2.24, 2.45) is 5.73 Å². The second kappa shape index (κ2) is 6.89. The second-order valence-corrected chi connectivity index (χ2v) is 7.50. The third-order valence-corrected chi connectivity index (χ3v) is 5.85. The molecule has 0 bridgehead atoms. The first kappa shape index (κ1) is 16.9. The van der Waals surface area contributed by atoms with Gasteiger partial charge in [-0.05, 0) is 38.3 Å². The molecule has 2 aromatic rings. The van der Waals surface area contributed by atoms with Crippen LogP contribution in [0.25, 0.3) is 0 Å². The highest BCUT2D eigenvalue weighted by Crippen LogP contribution is 2.34. The van der Waals surface area contributed by atoms with Crippen molar-refractivity contribution in [3.05, 3.63) is 49.3 Å². The third kappa shape index (κ3) is 3.29. The molecule has 1 aliphatic rings. The number of hydrogen-bond acceptors (Lipinski definition) is 4. The zero-order chi connectivity index (χ0) is 17.3. The Bertz CT molecular complexity index is 816. The molecule has 0 spiro atoms. The summed E-state index contributed by atoms with van der Waals surface area (Å²) < 4.78 is 1.59. The van der Waals surface area contributed by atoms with Crippen molar-refractivity contribution in [3.8, 4) is 0 Å². The molecule has 0 saturated heterocycles.